The summed E-state index contributed by atoms with van der Waals surface area (Å²) in [5.41, 5.74) is 2.21. The van der Waals surface area contributed by atoms with E-state index < -0.39 is 0 Å². The van der Waals surface area contributed by atoms with E-state index in [1.165, 1.54) is 0 Å². The van der Waals surface area contributed by atoms with Crippen molar-refractivity contribution in [1.82, 2.24) is 0 Å². The topological polar surface area (TPSA) is 30.5 Å². The molecule has 2 rings (SSSR count). The Bertz CT molecular complexity index is 602. The van der Waals surface area contributed by atoms with Crippen LogP contribution in [0.5, 0.6) is 11.5 Å². The van der Waals surface area contributed by atoms with E-state index in [9.17, 15) is 0 Å². The summed E-state index contributed by atoms with van der Waals surface area (Å²) in [6.45, 7) is 3.49. The molecule has 0 spiro atoms. The van der Waals surface area contributed by atoms with Crippen molar-refractivity contribution in [2.24, 2.45) is 0 Å². The molecule has 3 nitrogen and oxygen atoms in total. The molecule has 0 saturated carbocycles. The number of hydrogen-bond acceptors (Lipinski definition) is 3. The lowest BCUT2D eigenvalue weighted by Gasteiger charge is -2.13. The number of terminal acetylenes is 1. The normalized spacial score (nSPS) is 9.71. The SMILES string of the molecule is C#CCOc1ccc(CNc2ccccc2)cc1OCC. The Morgan fingerprint density at radius 3 is 2.57 bits per heavy atom. The zero-order valence-corrected chi connectivity index (χ0v) is 12.1. The minimum Gasteiger partial charge on any atom is -0.490 e. The molecule has 0 heterocycles. The molecule has 2 aromatic carbocycles. The van der Waals surface area contributed by atoms with E-state index in [-0.39, 0.29) is 6.61 Å². The largest absolute Gasteiger partial charge is 0.490 e. The predicted octanol–water partition coefficient (Wildman–Crippen LogP) is 3.71. The first kappa shape index (κ1) is 14.8. The molecule has 0 aliphatic heterocycles. The summed E-state index contributed by atoms with van der Waals surface area (Å²) in [6, 6.07) is 16.0. The van der Waals surface area contributed by atoms with E-state index in [1.54, 1.807) is 0 Å². The van der Waals surface area contributed by atoms with E-state index in [4.69, 9.17) is 15.9 Å². The molecule has 0 bridgehead atoms. The van der Waals surface area contributed by atoms with Gasteiger partial charge in [0, 0.05) is 12.2 Å². The third kappa shape index (κ3) is 4.47. The summed E-state index contributed by atoms with van der Waals surface area (Å²) in [5.74, 6) is 3.86. The molecule has 0 aliphatic carbocycles. The molecule has 3 heteroatoms. The summed E-state index contributed by atoms with van der Waals surface area (Å²) in [4.78, 5) is 0. The van der Waals surface area contributed by atoms with Gasteiger partial charge >= 0.3 is 0 Å². The zero-order chi connectivity index (χ0) is 14.9. The van der Waals surface area contributed by atoms with Gasteiger partial charge in [0.15, 0.2) is 11.5 Å². The molecule has 2 aromatic rings. The number of rotatable bonds is 7. The average Bonchev–Trinajstić information content (AvgIpc) is 2.53. The van der Waals surface area contributed by atoms with Crippen molar-refractivity contribution in [2.75, 3.05) is 18.5 Å². The lowest BCUT2D eigenvalue weighted by molar-refractivity contribution is 0.299. The molecular formula is C18H19NO2. The van der Waals surface area contributed by atoms with E-state index in [1.807, 2.05) is 55.5 Å². The van der Waals surface area contributed by atoms with Crippen LogP contribution in [0.1, 0.15) is 12.5 Å². The van der Waals surface area contributed by atoms with Gasteiger partial charge in [-0.1, -0.05) is 30.2 Å². The van der Waals surface area contributed by atoms with Crippen LogP contribution in [0.2, 0.25) is 0 Å². The smallest absolute Gasteiger partial charge is 0.162 e. The highest BCUT2D eigenvalue weighted by Gasteiger charge is 2.06. The second-order valence-corrected chi connectivity index (χ2v) is 4.43. The first-order valence-corrected chi connectivity index (χ1v) is 6.94. The fourth-order valence-corrected chi connectivity index (χ4v) is 1.93. The van der Waals surface area contributed by atoms with Crippen molar-refractivity contribution in [1.29, 1.82) is 0 Å². The van der Waals surface area contributed by atoms with Crippen LogP contribution in [0.3, 0.4) is 0 Å². The second-order valence-electron chi connectivity index (χ2n) is 4.43. The van der Waals surface area contributed by atoms with Crippen LogP contribution in [0.4, 0.5) is 5.69 Å². The quantitative estimate of drug-likeness (QED) is 0.785. The molecule has 0 saturated heterocycles. The maximum atomic E-state index is 5.61. The van der Waals surface area contributed by atoms with Gasteiger partial charge in [-0.05, 0) is 36.8 Å². The molecule has 0 unspecified atom stereocenters. The molecule has 108 valence electrons. The third-order valence-corrected chi connectivity index (χ3v) is 2.89. The number of anilines is 1. The van der Waals surface area contributed by atoms with Gasteiger partial charge < -0.3 is 14.8 Å². The summed E-state index contributed by atoms with van der Waals surface area (Å²) in [5, 5.41) is 3.36. The Balaban J connectivity index is 2.06. The summed E-state index contributed by atoms with van der Waals surface area (Å²) in [7, 11) is 0. The average molecular weight is 281 g/mol. The maximum Gasteiger partial charge on any atom is 0.162 e. The van der Waals surface area contributed by atoms with Crippen molar-refractivity contribution in [3.8, 4) is 23.8 Å². The van der Waals surface area contributed by atoms with E-state index >= 15 is 0 Å². The Morgan fingerprint density at radius 1 is 1.05 bits per heavy atom. The standard InChI is InChI=1S/C18H19NO2/c1-3-12-21-17-11-10-15(13-18(17)20-4-2)14-19-16-8-6-5-7-9-16/h1,5-11,13,19H,4,12,14H2,2H3. The van der Waals surface area contributed by atoms with Gasteiger partial charge in [0.05, 0.1) is 6.61 Å². The number of para-hydroxylation sites is 1. The molecule has 0 atom stereocenters. The first-order valence-electron chi connectivity index (χ1n) is 6.94. The molecule has 0 aromatic heterocycles. The van der Waals surface area contributed by atoms with Crippen LogP contribution < -0.4 is 14.8 Å². The monoisotopic (exact) mass is 281 g/mol. The maximum absolute atomic E-state index is 5.61. The van der Waals surface area contributed by atoms with Crippen LogP contribution in [-0.2, 0) is 6.54 Å². The number of benzene rings is 2. The van der Waals surface area contributed by atoms with Crippen LogP contribution in [0.25, 0.3) is 0 Å². The van der Waals surface area contributed by atoms with Crippen LogP contribution in [-0.4, -0.2) is 13.2 Å². The lowest BCUT2D eigenvalue weighted by Crippen LogP contribution is -2.03. The van der Waals surface area contributed by atoms with E-state index in [2.05, 4.69) is 11.2 Å². The Kier molecular flexibility index (Phi) is 5.54. The molecular weight excluding hydrogens is 262 g/mol. The van der Waals surface area contributed by atoms with Gasteiger partial charge in [-0.15, -0.1) is 6.42 Å². The van der Waals surface area contributed by atoms with Crippen molar-refractivity contribution in [2.45, 2.75) is 13.5 Å². The fourth-order valence-electron chi connectivity index (χ4n) is 1.93. The van der Waals surface area contributed by atoms with Crippen molar-refractivity contribution in [3.05, 3.63) is 54.1 Å². The molecule has 0 radical (unpaired) electrons. The summed E-state index contributed by atoms with van der Waals surface area (Å²) >= 11 is 0. The lowest BCUT2D eigenvalue weighted by atomic mass is 10.2. The molecule has 21 heavy (non-hydrogen) atoms. The van der Waals surface area contributed by atoms with Crippen LogP contribution >= 0.6 is 0 Å². The summed E-state index contributed by atoms with van der Waals surface area (Å²) in [6.07, 6.45) is 5.22. The molecule has 0 fully saturated rings. The predicted molar refractivity (Wildman–Crippen MR) is 85.7 cm³/mol. The van der Waals surface area contributed by atoms with Gasteiger partial charge in [0.2, 0.25) is 0 Å². The van der Waals surface area contributed by atoms with Crippen LogP contribution in [0, 0.1) is 12.3 Å². The second kappa shape index (κ2) is 7.86. The summed E-state index contributed by atoms with van der Waals surface area (Å²) < 4.78 is 11.1. The number of hydrogen-bond donors (Lipinski definition) is 1. The van der Waals surface area contributed by atoms with Gasteiger partial charge in [0.1, 0.15) is 6.61 Å². The third-order valence-electron chi connectivity index (χ3n) is 2.89. The molecule has 0 amide bonds. The zero-order valence-electron chi connectivity index (χ0n) is 12.1. The van der Waals surface area contributed by atoms with Crippen LogP contribution in [0.15, 0.2) is 48.5 Å². The number of ether oxygens (including phenoxy) is 2. The Hall–Kier alpha value is -2.60. The highest BCUT2D eigenvalue weighted by Crippen LogP contribution is 2.28. The minimum absolute atomic E-state index is 0.238. The Labute approximate surface area is 125 Å². The highest BCUT2D eigenvalue weighted by molar-refractivity contribution is 5.46. The van der Waals surface area contributed by atoms with Gasteiger partial charge in [0.25, 0.3) is 0 Å². The van der Waals surface area contributed by atoms with Gasteiger partial charge in [-0.3, -0.25) is 0 Å². The van der Waals surface area contributed by atoms with Crippen molar-refractivity contribution >= 4 is 5.69 Å². The highest BCUT2D eigenvalue weighted by atomic mass is 16.5. The molecule has 0 aliphatic rings. The first-order chi connectivity index (χ1) is 10.3. The Morgan fingerprint density at radius 2 is 1.86 bits per heavy atom. The van der Waals surface area contributed by atoms with E-state index in [0.29, 0.717) is 12.4 Å². The fraction of sp³-hybridized carbons (Fsp3) is 0.222. The van der Waals surface area contributed by atoms with Crippen molar-refractivity contribution < 1.29 is 9.47 Å². The van der Waals surface area contributed by atoms with E-state index in [0.717, 1.165) is 23.5 Å². The van der Waals surface area contributed by atoms with Gasteiger partial charge in [-0.2, -0.15) is 0 Å². The van der Waals surface area contributed by atoms with Gasteiger partial charge in [-0.25, -0.2) is 0 Å². The minimum atomic E-state index is 0.238. The number of nitrogens with one attached hydrogen (secondary N) is 1. The molecule has 1 N–H and O–H groups in total. The van der Waals surface area contributed by atoms with Crippen molar-refractivity contribution in [3.63, 3.8) is 0 Å².